The lowest BCUT2D eigenvalue weighted by Gasteiger charge is -2.39. The van der Waals surface area contributed by atoms with Crippen molar-refractivity contribution in [1.82, 2.24) is 4.57 Å². The van der Waals surface area contributed by atoms with Crippen molar-refractivity contribution in [2.75, 3.05) is 13.1 Å². The molecular weight excluding hydrogens is 194 g/mol. The van der Waals surface area contributed by atoms with Crippen molar-refractivity contribution < 1.29 is 4.12 Å². The van der Waals surface area contributed by atoms with E-state index in [1.54, 1.807) is 0 Å². The van der Waals surface area contributed by atoms with Crippen LogP contribution in [0.2, 0.25) is 32.7 Å². The molecule has 0 spiro atoms. The van der Waals surface area contributed by atoms with Crippen LogP contribution in [0.15, 0.2) is 0 Å². The zero-order valence-electron chi connectivity index (χ0n) is 10.3. The van der Waals surface area contributed by atoms with Gasteiger partial charge in [0.25, 0.3) is 8.48 Å². The third-order valence-corrected chi connectivity index (χ3v) is 8.68. The molecule has 80 valence electrons. The third kappa shape index (κ3) is 4.95. The molecule has 0 aliphatic rings. The highest BCUT2D eigenvalue weighted by molar-refractivity contribution is 6.82. The molecular formula is C9H25NOSi2. The Labute approximate surface area is 85.6 Å². The molecule has 0 N–H and O–H groups in total. The highest BCUT2D eigenvalue weighted by Crippen LogP contribution is 2.17. The molecule has 0 saturated heterocycles. The maximum Gasteiger partial charge on any atom is 0.254 e. The highest BCUT2D eigenvalue weighted by atomic mass is 28.4. The van der Waals surface area contributed by atoms with E-state index >= 15 is 0 Å². The Kier molecular flexibility index (Phi) is 4.86. The second-order valence-corrected chi connectivity index (χ2v) is 13.4. The van der Waals surface area contributed by atoms with E-state index in [1.807, 2.05) is 0 Å². The molecule has 0 aliphatic carbocycles. The fourth-order valence-corrected chi connectivity index (χ4v) is 9.83. The molecule has 0 saturated carbocycles. The van der Waals surface area contributed by atoms with Gasteiger partial charge in [0.05, 0.1) is 0 Å². The van der Waals surface area contributed by atoms with Crippen LogP contribution in [0.4, 0.5) is 0 Å². The van der Waals surface area contributed by atoms with Crippen LogP contribution in [0.3, 0.4) is 0 Å². The summed E-state index contributed by atoms with van der Waals surface area (Å²) in [6.45, 7) is 18.1. The molecule has 0 fully saturated rings. The van der Waals surface area contributed by atoms with Crippen molar-refractivity contribution in [2.45, 2.75) is 46.6 Å². The van der Waals surface area contributed by atoms with Crippen molar-refractivity contribution in [3.05, 3.63) is 0 Å². The van der Waals surface area contributed by atoms with Gasteiger partial charge in [0.15, 0.2) is 8.32 Å². The summed E-state index contributed by atoms with van der Waals surface area (Å²) in [6.07, 6.45) is 0. The van der Waals surface area contributed by atoms with Gasteiger partial charge in [0.1, 0.15) is 0 Å². The second kappa shape index (κ2) is 4.73. The molecule has 0 radical (unpaired) electrons. The normalized spacial score (nSPS) is 13.8. The topological polar surface area (TPSA) is 12.5 Å². The molecule has 0 rings (SSSR count). The molecule has 0 aliphatic heterocycles. The molecule has 0 bridgehead atoms. The van der Waals surface area contributed by atoms with E-state index in [0.717, 1.165) is 13.1 Å². The van der Waals surface area contributed by atoms with Gasteiger partial charge in [0.2, 0.25) is 0 Å². The van der Waals surface area contributed by atoms with Gasteiger partial charge in [0, 0.05) is 0 Å². The first-order chi connectivity index (χ1) is 5.73. The van der Waals surface area contributed by atoms with Gasteiger partial charge in [-0.05, 0) is 45.8 Å². The van der Waals surface area contributed by atoms with Crippen LogP contribution in [-0.4, -0.2) is 34.5 Å². The maximum absolute atomic E-state index is 6.27. The molecule has 13 heavy (non-hydrogen) atoms. The standard InChI is InChI=1S/C9H25NOSi2/c1-8-10(9-2)13(6,7)11-12(3,4)5/h8-9H2,1-7H3. The summed E-state index contributed by atoms with van der Waals surface area (Å²) in [4.78, 5) is 0. The number of hydrogen-bond acceptors (Lipinski definition) is 2. The third-order valence-electron chi connectivity index (χ3n) is 2.08. The SMILES string of the molecule is CCN(CC)[Si](C)(C)O[Si](C)(C)C. The van der Waals surface area contributed by atoms with Crippen LogP contribution in [0, 0.1) is 0 Å². The van der Waals surface area contributed by atoms with Gasteiger partial charge in [-0.1, -0.05) is 13.8 Å². The first kappa shape index (κ1) is 13.4. The molecule has 0 amide bonds. The minimum atomic E-state index is -1.57. The lowest BCUT2D eigenvalue weighted by Crippen LogP contribution is -2.55. The first-order valence-corrected chi connectivity index (χ1v) is 11.4. The average Bonchev–Trinajstić information content (AvgIpc) is 1.83. The largest absolute Gasteiger partial charge is 0.445 e. The lowest BCUT2D eigenvalue weighted by molar-refractivity contribution is 0.374. The summed E-state index contributed by atoms with van der Waals surface area (Å²) in [5, 5.41) is 0. The van der Waals surface area contributed by atoms with E-state index in [1.165, 1.54) is 0 Å². The zero-order valence-corrected chi connectivity index (χ0v) is 12.3. The van der Waals surface area contributed by atoms with Crippen LogP contribution < -0.4 is 0 Å². The Morgan fingerprint density at radius 1 is 0.923 bits per heavy atom. The molecule has 0 unspecified atom stereocenters. The van der Waals surface area contributed by atoms with E-state index in [0.29, 0.717) is 0 Å². The fraction of sp³-hybridized carbons (Fsp3) is 1.00. The minimum Gasteiger partial charge on any atom is -0.445 e. The van der Waals surface area contributed by atoms with E-state index in [2.05, 4.69) is 51.1 Å². The molecule has 0 aromatic rings. The molecule has 0 heterocycles. The monoisotopic (exact) mass is 219 g/mol. The minimum absolute atomic E-state index is 1.11. The Balaban J connectivity index is 4.36. The predicted octanol–water partition coefficient (Wildman–Crippen LogP) is 2.88. The Morgan fingerprint density at radius 3 is 1.54 bits per heavy atom. The number of nitrogens with zero attached hydrogens (tertiary/aromatic N) is 1. The summed E-state index contributed by atoms with van der Waals surface area (Å²) in [5.74, 6) is 0. The Morgan fingerprint density at radius 2 is 1.31 bits per heavy atom. The van der Waals surface area contributed by atoms with Crippen molar-refractivity contribution in [3.63, 3.8) is 0 Å². The maximum atomic E-state index is 6.27. The van der Waals surface area contributed by atoms with Gasteiger partial charge in [-0.2, -0.15) is 0 Å². The average molecular weight is 219 g/mol. The molecule has 0 aromatic carbocycles. The summed E-state index contributed by atoms with van der Waals surface area (Å²) in [7, 11) is -2.94. The van der Waals surface area contributed by atoms with Gasteiger partial charge in [-0.3, -0.25) is 0 Å². The predicted molar refractivity (Wildman–Crippen MR) is 64.8 cm³/mol. The Bertz CT molecular complexity index is 150. The van der Waals surface area contributed by atoms with Crippen LogP contribution in [0.25, 0.3) is 0 Å². The smallest absolute Gasteiger partial charge is 0.254 e. The quantitative estimate of drug-likeness (QED) is 0.659. The summed E-state index contributed by atoms with van der Waals surface area (Å²) < 4.78 is 8.76. The second-order valence-electron chi connectivity index (χ2n) is 4.83. The van der Waals surface area contributed by atoms with E-state index in [4.69, 9.17) is 4.12 Å². The molecule has 0 atom stereocenters. The van der Waals surface area contributed by atoms with Crippen LogP contribution >= 0.6 is 0 Å². The first-order valence-electron chi connectivity index (χ1n) is 5.18. The fourth-order valence-electron chi connectivity index (χ4n) is 1.80. The number of hydrogen-bond donors (Lipinski definition) is 0. The van der Waals surface area contributed by atoms with Crippen molar-refractivity contribution >= 4 is 16.8 Å². The van der Waals surface area contributed by atoms with Crippen molar-refractivity contribution in [1.29, 1.82) is 0 Å². The van der Waals surface area contributed by atoms with E-state index in [9.17, 15) is 0 Å². The Hall–Kier alpha value is 0.354. The molecule has 4 heteroatoms. The van der Waals surface area contributed by atoms with E-state index in [-0.39, 0.29) is 0 Å². The molecule has 0 aromatic heterocycles. The summed E-state index contributed by atoms with van der Waals surface area (Å²) in [5.41, 5.74) is 0. The summed E-state index contributed by atoms with van der Waals surface area (Å²) in [6, 6.07) is 0. The van der Waals surface area contributed by atoms with Gasteiger partial charge in [-0.15, -0.1) is 0 Å². The lowest BCUT2D eigenvalue weighted by atomic mass is 10.7. The van der Waals surface area contributed by atoms with Gasteiger partial charge in [-0.25, -0.2) is 0 Å². The van der Waals surface area contributed by atoms with Crippen molar-refractivity contribution in [3.8, 4) is 0 Å². The number of rotatable bonds is 5. The van der Waals surface area contributed by atoms with Crippen LogP contribution in [0.5, 0.6) is 0 Å². The molecule has 2 nitrogen and oxygen atoms in total. The van der Waals surface area contributed by atoms with Gasteiger partial charge < -0.3 is 8.68 Å². The van der Waals surface area contributed by atoms with Gasteiger partial charge >= 0.3 is 0 Å². The van der Waals surface area contributed by atoms with E-state index < -0.39 is 16.8 Å². The van der Waals surface area contributed by atoms with Crippen molar-refractivity contribution in [2.24, 2.45) is 0 Å². The highest BCUT2D eigenvalue weighted by Gasteiger charge is 2.34. The van der Waals surface area contributed by atoms with Crippen LogP contribution in [0.1, 0.15) is 13.8 Å². The summed E-state index contributed by atoms with van der Waals surface area (Å²) >= 11 is 0. The zero-order chi connectivity index (χ0) is 10.7. The van der Waals surface area contributed by atoms with Crippen LogP contribution in [-0.2, 0) is 4.12 Å².